The van der Waals surface area contributed by atoms with Gasteiger partial charge >= 0.3 is 0 Å². The van der Waals surface area contributed by atoms with Gasteiger partial charge in [0.1, 0.15) is 0 Å². The second-order valence-corrected chi connectivity index (χ2v) is 4.59. The van der Waals surface area contributed by atoms with Crippen LogP contribution < -0.4 is 5.32 Å². The molecule has 0 aromatic carbocycles. The highest BCUT2D eigenvalue weighted by molar-refractivity contribution is 4.86. The summed E-state index contributed by atoms with van der Waals surface area (Å²) in [5.41, 5.74) is 0. The van der Waals surface area contributed by atoms with Crippen molar-refractivity contribution in [2.24, 2.45) is 0 Å². The summed E-state index contributed by atoms with van der Waals surface area (Å²) in [6, 6.07) is 1.57. The van der Waals surface area contributed by atoms with Gasteiger partial charge in [0.15, 0.2) is 0 Å². The zero-order valence-electron chi connectivity index (χ0n) is 8.91. The van der Waals surface area contributed by atoms with Gasteiger partial charge in [-0.2, -0.15) is 0 Å². The molecule has 3 nitrogen and oxygen atoms in total. The molecule has 1 unspecified atom stereocenters. The molecule has 1 aliphatic heterocycles. The summed E-state index contributed by atoms with van der Waals surface area (Å²) >= 11 is 0. The van der Waals surface area contributed by atoms with Crippen LogP contribution in [0.5, 0.6) is 0 Å². The molecule has 14 heavy (non-hydrogen) atoms. The van der Waals surface area contributed by atoms with Crippen LogP contribution in [0.1, 0.15) is 32.1 Å². The first-order chi connectivity index (χ1) is 6.90. The molecule has 2 rings (SSSR count). The molecule has 2 fully saturated rings. The Morgan fingerprint density at radius 3 is 2.86 bits per heavy atom. The van der Waals surface area contributed by atoms with Gasteiger partial charge in [-0.1, -0.05) is 0 Å². The number of hydrogen-bond acceptors (Lipinski definition) is 3. The summed E-state index contributed by atoms with van der Waals surface area (Å²) in [7, 11) is 0. The van der Waals surface area contributed by atoms with Crippen molar-refractivity contribution in [3.05, 3.63) is 0 Å². The number of nitrogens with zero attached hydrogens (tertiary/aromatic N) is 1. The number of aliphatic hydroxyl groups is 1. The fourth-order valence-electron chi connectivity index (χ4n) is 2.28. The van der Waals surface area contributed by atoms with E-state index in [1.165, 1.54) is 32.2 Å². The largest absolute Gasteiger partial charge is 0.396 e. The topological polar surface area (TPSA) is 35.5 Å². The molecule has 3 heteroatoms. The van der Waals surface area contributed by atoms with Crippen LogP contribution in [0.2, 0.25) is 0 Å². The SMILES string of the molecule is OCCCN1CCCC1CNC1CC1. The minimum absolute atomic E-state index is 0.333. The average molecular weight is 198 g/mol. The standard InChI is InChI=1S/C11H22N2O/c14-8-2-7-13-6-1-3-11(13)9-12-10-4-5-10/h10-12,14H,1-9H2. The van der Waals surface area contributed by atoms with Crippen LogP contribution in [0.15, 0.2) is 0 Å². The van der Waals surface area contributed by atoms with Gasteiger partial charge in [0.05, 0.1) is 0 Å². The molecule has 0 aromatic rings. The smallest absolute Gasteiger partial charge is 0.0443 e. The molecule has 1 aliphatic carbocycles. The molecule has 1 heterocycles. The van der Waals surface area contributed by atoms with E-state index in [-0.39, 0.29) is 0 Å². The van der Waals surface area contributed by atoms with Crippen molar-refractivity contribution in [3.8, 4) is 0 Å². The Balaban J connectivity index is 1.66. The van der Waals surface area contributed by atoms with Crippen LogP contribution in [0.25, 0.3) is 0 Å². The van der Waals surface area contributed by atoms with Crippen molar-refractivity contribution >= 4 is 0 Å². The molecule has 1 saturated heterocycles. The van der Waals surface area contributed by atoms with Crippen LogP contribution in [0.4, 0.5) is 0 Å². The van der Waals surface area contributed by atoms with E-state index in [0.29, 0.717) is 6.61 Å². The number of nitrogens with one attached hydrogen (secondary N) is 1. The molecule has 1 atom stereocenters. The monoisotopic (exact) mass is 198 g/mol. The van der Waals surface area contributed by atoms with Gasteiger partial charge in [-0.3, -0.25) is 4.90 Å². The first kappa shape index (κ1) is 10.4. The lowest BCUT2D eigenvalue weighted by atomic mass is 10.2. The minimum atomic E-state index is 0.333. The van der Waals surface area contributed by atoms with E-state index in [4.69, 9.17) is 5.11 Å². The number of aliphatic hydroxyl groups excluding tert-OH is 1. The summed E-state index contributed by atoms with van der Waals surface area (Å²) in [4.78, 5) is 2.53. The molecular weight excluding hydrogens is 176 g/mol. The Kier molecular flexibility index (Phi) is 3.79. The third-order valence-corrected chi connectivity index (χ3v) is 3.32. The number of hydrogen-bond donors (Lipinski definition) is 2. The first-order valence-electron chi connectivity index (χ1n) is 5.98. The van der Waals surface area contributed by atoms with E-state index < -0.39 is 0 Å². The van der Waals surface area contributed by atoms with Crippen molar-refractivity contribution in [3.63, 3.8) is 0 Å². The lowest BCUT2D eigenvalue weighted by Gasteiger charge is -2.24. The van der Waals surface area contributed by atoms with Crippen molar-refractivity contribution in [1.82, 2.24) is 10.2 Å². The van der Waals surface area contributed by atoms with Gasteiger partial charge in [-0.15, -0.1) is 0 Å². The lowest BCUT2D eigenvalue weighted by molar-refractivity contribution is 0.209. The van der Waals surface area contributed by atoms with E-state index >= 15 is 0 Å². The number of likely N-dealkylation sites (tertiary alicyclic amines) is 1. The molecular formula is C11H22N2O. The zero-order chi connectivity index (χ0) is 9.80. The van der Waals surface area contributed by atoms with Crippen molar-refractivity contribution in [2.45, 2.75) is 44.2 Å². The Morgan fingerprint density at radius 2 is 2.14 bits per heavy atom. The zero-order valence-corrected chi connectivity index (χ0v) is 8.91. The third-order valence-electron chi connectivity index (χ3n) is 3.32. The second-order valence-electron chi connectivity index (χ2n) is 4.59. The van der Waals surface area contributed by atoms with Crippen LogP contribution in [-0.4, -0.2) is 48.3 Å². The predicted molar refractivity (Wildman–Crippen MR) is 57.3 cm³/mol. The Morgan fingerprint density at radius 1 is 1.29 bits per heavy atom. The van der Waals surface area contributed by atoms with Gasteiger partial charge in [-0.25, -0.2) is 0 Å². The Labute approximate surface area is 86.5 Å². The van der Waals surface area contributed by atoms with Crippen molar-refractivity contribution < 1.29 is 5.11 Å². The Bertz CT molecular complexity index is 171. The minimum Gasteiger partial charge on any atom is -0.396 e. The summed E-state index contributed by atoms with van der Waals surface area (Å²) < 4.78 is 0. The van der Waals surface area contributed by atoms with E-state index in [1.54, 1.807) is 0 Å². The lowest BCUT2D eigenvalue weighted by Crippen LogP contribution is -2.39. The van der Waals surface area contributed by atoms with E-state index in [9.17, 15) is 0 Å². The average Bonchev–Trinajstić information content (AvgIpc) is 2.92. The summed E-state index contributed by atoms with van der Waals surface area (Å²) in [5.74, 6) is 0. The van der Waals surface area contributed by atoms with Gasteiger partial charge in [0, 0.05) is 31.8 Å². The highest BCUT2D eigenvalue weighted by atomic mass is 16.3. The summed E-state index contributed by atoms with van der Waals surface area (Å²) in [5, 5.41) is 12.4. The molecule has 2 aliphatic rings. The highest BCUT2D eigenvalue weighted by Crippen LogP contribution is 2.21. The van der Waals surface area contributed by atoms with Crippen molar-refractivity contribution in [2.75, 3.05) is 26.2 Å². The van der Waals surface area contributed by atoms with Crippen LogP contribution in [0, 0.1) is 0 Å². The maximum Gasteiger partial charge on any atom is 0.0443 e. The normalized spacial score (nSPS) is 28.5. The highest BCUT2D eigenvalue weighted by Gasteiger charge is 2.27. The van der Waals surface area contributed by atoms with Gasteiger partial charge in [0.25, 0.3) is 0 Å². The molecule has 2 N–H and O–H groups in total. The molecule has 0 aromatic heterocycles. The molecule has 0 spiro atoms. The quantitative estimate of drug-likeness (QED) is 0.655. The van der Waals surface area contributed by atoms with Gasteiger partial charge in [-0.05, 0) is 38.6 Å². The van der Waals surface area contributed by atoms with Crippen LogP contribution >= 0.6 is 0 Å². The molecule has 0 radical (unpaired) electrons. The number of rotatable bonds is 6. The van der Waals surface area contributed by atoms with E-state index in [1.807, 2.05) is 0 Å². The molecule has 1 saturated carbocycles. The summed E-state index contributed by atoms with van der Waals surface area (Å²) in [6.07, 6.45) is 6.36. The molecule has 82 valence electrons. The molecule has 0 bridgehead atoms. The molecule has 0 amide bonds. The van der Waals surface area contributed by atoms with Crippen molar-refractivity contribution in [1.29, 1.82) is 0 Å². The van der Waals surface area contributed by atoms with Crippen LogP contribution in [-0.2, 0) is 0 Å². The van der Waals surface area contributed by atoms with Crippen LogP contribution in [0.3, 0.4) is 0 Å². The third kappa shape index (κ3) is 2.94. The second kappa shape index (κ2) is 5.10. The Hall–Kier alpha value is -0.120. The van der Waals surface area contributed by atoms with Gasteiger partial charge < -0.3 is 10.4 Å². The van der Waals surface area contributed by atoms with E-state index in [2.05, 4.69) is 10.2 Å². The predicted octanol–water partition coefficient (Wildman–Crippen LogP) is 0.585. The fraction of sp³-hybridized carbons (Fsp3) is 1.00. The fourth-order valence-corrected chi connectivity index (χ4v) is 2.28. The maximum absolute atomic E-state index is 8.80. The first-order valence-corrected chi connectivity index (χ1v) is 5.98. The summed E-state index contributed by atoms with van der Waals surface area (Å²) in [6.45, 7) is 3.81. The maximum atomic E-state index is 8.80. The van der Waals surface area contributed by atoms with Gasteiger partial charge in [0.2, 0.25) is 0 Å². The van der Waals surface area contributed by atoms with E-state index in [0.717, 1.165) is 31.6 Å².